The number of hydrogen-bond acceptors (Lipinski definition) is 6. The van der Waals surface area contributed by atoms with Gasteiger partial charge in [0.2, 0.25) is 0 Å². The highest BCUT2D eigenvalue weighted by molar-refractivity contribution is 6.30. The SMILES string of the molecule is CNC(=O)NC(=O)COC(=O)c1cc(-c2ccccc2)nc2c1cnn2Cc1ccc(Cl)cc1. The predicted octanol–water partition coefficient (Wildman–Crippen LogP) is 3.41. The normalized spacial score (nSPS) is 10.6. The van der Waals surface area contributed by atoms with Gasteiger partial charge in [0.1, 0.15) is 0 Å². The van der Waals surface area contributed by atoms with E-state index in [4.69, 9.17) is 21.3 Å². The van der Waals surface area contributed by atoms with Gasteiger partial charge in [-0.1, -0.05) is 54.1 Å². The van der Waals surface area contributed by atoms with E-state index in [0.717, 1.165) is 11.1 Å². The molecule has 0 aliphatic rings. The van der Waals surface area contributed by atoms with Crippen LogP contribution in [0.2, 0.25) is 5.02 Å². The maximum atomic E-state index is 12.9. The smallest absolute Gasteiger partial charge is 0.339 e. The molecule has 0 saturated carbocycles. The number of halogens is 1. The number of nitrogens with one attached hydrogen (secondary N) is 2. The molecule has 2 aromatic carbocycles. The molecule has 0 bridgehead atoms. The first-order valence-electron chi connectivity index (χ1n) is 10.3. The Morgan fingerprint density at radius 1 is 1.06 bits per heavy atom. The number of esters is 1. The van der Waals surface area contributed by atoms with Crippen molar-refractivity contribution in [2.45, 2.75) is 6.54 Å². The summed E-state index contributed by atoms with van der Waals surface area (Å²) >= 11 is 5.98. The minimum absolute atomic E-state index is 0.207. The van der Waals surface area contributed by atoms with Crippen LogP contribution in [0.25, 0.3) is 22.3 Å². The number of hydrogen-bond donors (Lipinski definition) is 2. The fourth-order valence-electron chi connectivity index (χ4n) is 3.29. The number of carbonyl (C=O) groups excluding carboxylic acids is 3. The standard InChI is InChI=1S/C24H20ClN5O4/c1-26-24(33)29-21(31)14-34-23(32)18-11-20(16-5-3-2-4-6-16)28-22-19(18)12-27-30(22)13-15-7-9-17(25)10-8-15/h2-12H,13-14H2,1H3,(H2,26,29,31,33). The summed E-state index contributed by atoms with van der Waals surface area (Å²) in [6, 6.07) is 17.6. The van der Waals surface area contributed by atoms with Gasteiger partial charge in [-0.3, -0.25) is 10.1 Å². The monoisotopic (exact) mass is 477 g/mol. The maximum Gasteiger partial charge on any atom is 0.339 e. The molecule has 9 nitrogen and oxygen atoms in total. The Labute approximate surface area is 199 Å². The molecule has 3 amide bonds. The minimum Gasteiger partial charge on any atom is -0.452 e. The first-order chi connectivity index (χ1) is 16.4. The second kappa shape index (κ2) is 10.1. The third-order valence-corrected chi connectivity index (χ3v) is 5.21. The van der Waals surface area contributed by atoms with Gasteiger partial charge in [-0.15, -0.1) is 0 Å². The topological polar surface area (TPSA) is 115 Å². The van der Waals surface area contributed by atoms with E-state index in [1.54, 1.807) is 22.9 Å². The summed E-state index contributed by atoms with van der Waals surface area (Å²) in [5.41, 5.74) is 3.00. The number of pyridine rings is 1. The van der Waals surface area contributed by atoms with Crippen LogP contribution in [0.1, 0.15) is 15.9 Å². The number of imide groups is 1. The molecule has 0 fully saturated rings. The second-order valence-corrected chi connectivity index (χ2v) is 7.73. The van der Waals surface area contributed by atoms with E-state index in [9.17, 15) is 14.4 Å². The van der Waals surface area contributed by atoms with Crippen LogP contribution in [0.4, 0.5) is 4.79 Å². The molecule has 172 valence electrons. The van der Waals surface area contributed by atoms with Crippen LogP contribution in [0.15, 0.2) is 66.9 Å². The quantitative estimate of drug-likeness (QED) is 0.411. The highest BCUT2D eigenvalue weighted by atomic mass is 35.5. The lowest BCUT2D eigenvalue weighted by Crippen LogP contribution is -2.39. The Hall–Kier alpha value is -4.24. The van der Waals surface area contributed by atoms with E-state index in [0.29, 0.717) is 28.3 Å². The van der Waals surface area contributed by atoms with Gasteiger partial charge in [0.15, 0.2) is 12.3 Å². The molecule has 0 aliphatic heterocycles. The number of benzene rings is 2. The maximum absolute atomic E-state index is 12.9. The average molecular weight is 478 g/mol. The van der Waals surface area contributed by atoms with E-state index in [1.165, 1.54) is 13.2 Å². The van der Waals surface area contributed by atoms with Crippen molar-refractivity contribution in [3.05, 3.63) is 83.0 Å². The van der Waals surface area contributed by atoms with Gasteiger partial charge < -0.3 is 10.1 Å². The Bertz CT molecular complexity index is 1350. The summed E-state index contributed by atoms with van der Waals surface area (Å²) < 4.78 is 6.85. The summed E-state index contributed by atoms with van der Waals surface area (Å²) in [5.74, 6) is -1.48. The molecule has 2 aromatic heterocycles. The van der Waals surface area contributed by atoms with Crippen LogP contribution < -0.4 is 10.6 Å². The zero-order valence-electron chi connectivity index (χ0n) is 18.1. The van der Waals surface area contributed by atoms with Gasteiger partial charge >= 0.3 is 12.0 Å². The number of ether oxygens (including phenoxy) is 1. The summed E-state index contributed by atoms with van der Waals surface area (Å²) in [5, 5.41) is 9.82. The van der Waals surface area contributed by atoms with Crippen LogP contribution in [0.5, 0.6) is 0 Å². The van der Waals surface area contributed by atoms with Crippen molar-refractivity contribution in [3.8, 4) is 11.3 Å². The molecule has 2 heterocycles. The third kappa shape index (κ3) is 5.21. The highest BCUT2D eigenvalue weighted by Crippen LogP contribution is 2.26. The summed E-state index contributed by atoms with van der Waals surface area (Å²) in [6.45, 7) is -0.204. The molecule has 34 heavy (non-hydrogen) atoms. The van der Waals surface area contributed by atoms with Crippen molar-refractivity contribution in [2.75, 3.05) is 13.7 Å². The molecule has 2 N–H and O–H groups in total. The van der Waals surface area contributed by atoms with Crippen LogP contribution in [-0.2, 0) is 16.1 Å². The molecule has 0 saturated heterocycles. The van der Waals surface area contributed by atoms with E-state index < -0.39 is 24.5 Å². The van der Waals surface area contributed by atoms with Gasteiger partial charge in [0.25, 0.3) is 5.91 Å². The molecule has 0 radical (unpaired) electrons. The molecule has 0 spiro atoms. The Morgan fingerprint density at radius 2 is 1.79 bits per heavy atom. The average Bonchev–Trinajstić information content (AvgIpc) is 3.26. The van der Waals surface area contributed by atoms with E-state index >= 15 is 0 Å². The molecule has 10 heteroatoms. The Kier molecular flexibility index (Phi) is 6.84. The Morgan fingerprint density at radius 3 is 2.50 bits per heavy atom. The van der Waals surface area contributed by atoms with Crippen LogP contribution in [0, 0.1) is 0 Å². The summed E-state index contributed by atoms with van der Waals surface area (Å²) in [7, 11) is 1.37. The second-order valence-electron chi connectivity index (χ2n) is 7.29. The van der Waals surface area contributed by atoms with E-state index in [1.807, 2.05) is 47.8 Å². The van der Waals surface area contributed by atoms with E-state index in [-0.39, 0.29) is 5.56 Å². The molecular weight excluding hydrogens is 458 g/mol. The lowest BCUT2D eigenvalue weighted by molar-refractivity contribution is -0.123. The van der Waals surface area contributed by atoms with Gasteiger partial charge in [-0.25, -0.2) is 19.3 Å². The number of nitrogens with zero attached hydrogens (tertiary/aromatic N) is 3. The predicted molar refractivity (Wildman–Crippen MR) is 126 cm³/mol. The number of carbonyl (C=O) groups is 3. The van der Waals surface area contributed by atoms with Crippen molar-refractivity contribution in [1.29, 1.82) is 0 Å². The van der Waals surface area contributed by atoms with Crippen molar-refractivity contribution in [2.24, 2.45) is 0 Å². The van der Waals surface area contributed by atoms with Crippen LogP contribution >= 0.6 is 11.6 Å². The van der Waals surface area contributed by atoms with E-state index in [2.05, 4.69) is 10.4 Å². The lowest BCUT2D eigenvalue weighted by atomic mass is 10.1. The summed E-state index contributed by atoms with van der Waals surface area (Å²) in [6.07, 6.45) is 1.54. The number of aromatic nitrogens is 3. The van der Waals surface area contributed by atoms with Crippen LogP contribution in [0.3, 0.4) is 0 Å². The first-order valence-corrected chi connectivity index (χ1v) is 10.7. The molecule has 4 aromatic rings. The molecule has 0 aliphatic carbocycles. The number of urea groups is 1. The molecule has 4 rings (SSSR count). The fraction of sp³-hybridized carbons (Fsp3) is 0.125. The van der Waals surface area contributed by atoms with Crippen molar-refractivity contribution < 1.29 is 19.1 Å². The highest BCUT2D eigenvalue weighted by Gasteiger charge is 2.20. The van der Waals surface area contributed by atoms with Gasteiger partial charge in [0.05, 0.1) is 29.4 Å². The van der Waals surface area contributed by atoms with Crippen LogP contribution in [-0.4, -0.2) is 46.3 Å². The zero-order chi connectivity index (χ0) is 24.1. The molecular formula is C24H20ClN5O4. The van der Waals surface area contributed by atoms with Crippen molar-refractivity contribution in [1.82, 2.24) is 25.4 Å². The number of fused-ring (bicyclic) bond motifs is 1. The molecule has 0 unspecified atom stereocenters. The van der Waals surface area contributed by atoms with Gasteiger partial charge in [0, 0.05) is 17.6 Å². The number of amides is 3. The summed E-state index contributed by atoms with van der Waals surface area (Å²) in [4.78, 5) is 40.8. The largest absolute Gasteiger partial charge is 0.452 e. The van der Waals surface area contributed by atoms with Gasteiger partial charge in [-0.05, 0) is 23.8 Å². The number of rotatable bonds is 6. The zero-order valence-corrected chi connectivity index (χ0v) is 18.9. The Balaban J connectivity index is 1.69. The van der Waals surface area contributed by atoms with Crippen molar-refractivity contribution in [3.63, 3.8) is 0 Å². The van der Waals surface area contributed by atoms with Crippen molar-refractivity contribution >= 4 is 40.5 Å². The molecule has 0 atom stereocenters. The minimum atomic E-state index is -0.750. The third-order valence-electron chi connectivity index (χ3n) is 4.96. The lowest BCUT2D eigenvalue weighted by Gasteiger charge is -2.10. The van der Waals surface area contributed by atoms with Gasteiger partial charge in [-0.2, -0.15) is 5.10 Å². The first kappa shape index (κ1) is 22.9. The fourth-order valence-corrected chi connectivity index (χ4v) is 3.41.